The molecule has 0 bridgehead atoms. The Hall–Kier alpha value is -2.30. The SMILES string of the molecule is CC1Oc2cc(O)c3ccc(=O)[nH]c3c2C(=O)C1C. The summed E-state index contributed by atoms with van der Waals surface area (Å²) in [4.78, 5) is 26.4. The largest absolute Gasteiger partial charge is 0.507 e. The van der Waals surface area contributed by atoms with Gasteiger partial charge in [0, 0.05) is 17.5 Å². The third-order valence-corrected chi connectivity index (χ3v) is 3.64. The second-order valence-corrected chi connectivity index (χ2v) is 4.86. The first-order valence-electron chi connectivity index (χ1n) is 6.09. The number of aromatic nitrogens is 1. The molecule has 1 aliphatic rings. The lowest BCUT2D eigenvalue weighted by Gasteiger charge is -2.28. The van der Waals surface area contributed by atoms with Gasteiger partial charge in [-0.1, -0.05) is 6.92 Å². The minimum absolute atomic E-state index is 0.0143. The fraction of sp³-hybridized carbons (Fsp3) is 0.286. The van der Waals surface area contributed by atoms with Gasteiger partial charge in [0.2, 0.25) is 5.56 Å². The third-order valence-electron chi connectivity index (χ3n) is 3.64. The molecule has 5 heteroatoms. The summed E-state index contributed by atoms with van der Waals surface area (Å²) in [5.74, 6) is -0.0634. The Bertz CT molecular complexity index is 747. The molecular formula is C14H13NO4. The molecule has 2 aromatic rings. The van der Waals surface area contributed by atoms with Gasteiger partial charge in [-0.25, -0.2) is 0 Å². The highest BCUT2D eigenvalue weighted by Crippen LogP contribution is 2.39. The molecule has 1 aliphatic heterocycles. The first kappa shape index (κ1) is 11.8. The van der Waals surface area contributed by atoms with Gasteiger partial charge >= 0.3 is 0 Å². The Morgan fingerprint density at radius 3 is 2.74 bits per heavy atom. The molecule has 1 aromatic carbocycles. The van der Waals surface area contributed by atoms with Crippen molar-refractivity contribution in [2.24, 2.45) is 5.92 Å². The molecule has 2 heterocycles. The predicted octanol–water partition coefficient (Wildman–Crippen LogP) is 1.83. The summed E-state index contributed by atoms with van der Waals surface area (Å²) in [5, 5.41) is 10.4. The minimum atomic E-state index is -0.320. The highest BCUT2D eigenvalue weighted by Gasteiger charge is 2.33. The van der Waals surface area contributed by atoms with E-state index in [0.717, 1.165) is 0 Å². The zero-order valence-corrected chi connectivity index (χ0v) is 10.6. The molecule has 0 amide bonds. The molecular weight excluding hydrogens is 246 g/mol. The first-order valence-corrected chi connectivity index (χ1v) is 6.09. The van der Waals surface area contributed by atoms with Crippen LogP contribution < -0.4 is 10.3 Å². The molecule has 0 aliphatic carbocycles. The summed E-state index contributed by atoms with van der Waals surface area (Å²) >= 11 is 0. The van der Waals surface area contributed by atoms with Crippen LogP contribution in [-0.2, 0) is 0 Å². The lowest BCUT2D eigenvalue weighted by Crippen LogP contribution is -2.34. The van der Waals surface area contributed by atoms with Crippen LogP contribution in [0.2, 0.25) is 0 Å². The van der Waals surface area contributed by atoms with Crippen LogP contribution in [0.3, 0.4) is 0 Å². The number of benzene rings is 1. The molecule has 3 rings (SSSR count). The van der Waals surface area contributed by atoms with E-state index in [0.29, 0.717) is 22.2 Å². The lowest BCUT2D eigenvalue weighted by atomic mass is 9.90. The molecule has 2 atom stereocenters. The van der Waals surface area contributed by atoms with E-state index < -0.39 is 0 Å². The summed E-state index contributed by atoms with van der Waals surface area (Å²) in [6.07, 6.45) is -0.257. The highest BCUT2D eigenvalue weighted by molar-refractivity contribution is 6.12. The topological polar surface area (TPSA) is 79.4 Å². The van der Waals surface area contributed by atoms with Crippen molar-refractivity contribution in [3.05, 3.63) is 34.1 Å². The number of hydrogen-bond acceptors (Lipinski definition) is 4. The number of pyridine rings is 1. The molecule has 2 unspecified atom stereocenters. The number of Topliss-reactive ketones (excluding diaryl/α,β-unsaturated/α-hetero) is 1. The van der Waals surface area contributed by atoms with Crippen molar-refractivity contribution in [2.75, 3.05) is 0 Å². The summed E-state index contributed by atoms with van der Waals surface area (Å²) in [7, 11) is 0. The highest BCUT2D eigenvalue weighted by atomic mass is 16.5. The number of aromatic hydroxyl groups is 1. The molecule has 5 nitrogen and oxygen atoms in total. The van der Waals surface area contributed by atoms with Crippen molar-refractivity contribution in [1.29, 1.82) is 0 Å². The fourth-order valence-electron chi connectivity index (χ4n) is 2.36. The van der Waals surface area contributed by atoms with Gasteiger partial charge in [0.05, 0.1) is 17.0 Å². The molecule has 98 valence electrons. The molecule has 0 saturated carbocycles. The first-order chi connectivity index (χ1) is 8.99. The van der Waals surface area contributed by atoms with E-state index in [2.05, 4.69) is 4.98 Å². The Labute approximate surface area is 108 Å². The van der Waals surface area contributed by atoms with Gasteiger partial charge in [-0.15, -0.1) is 0 Å². The Kier molecular flexibility index (Phi) is 2.38. The summed E-state index contributed by atoms with van der Waals surface area (Å²) in [6.45, 7) is 3.59. The average Bonchev–Trinajstić information content (AvgIpc) is 2.35. The summed E-state index contributed by atoms with van der Waals surface area (Å²) in [6, 6.07) is 4.24. The van der Waals surface area contributed by atoms with Gasteiger partial charge in [-0.05, 0) is 13.0 Å². The lowest BCUT2D eigenvalue weighted by molar-refractivity contribution is 0.0733. The maximum atomic E-state index is 12.4. The van der Waals surface area contributed by atoms with Gasteiger partial charge in [0.1, 0.15) is 17.6 Å². The van der Waals surface area contributed by atoms with Crippen LogP contribution >= 0.6 is 0 Å². The number of fused-ring (bicyclic) bond motifs is 3. The Morgan fingerprint density at radius 1 is 1.26 bits per heavy atom. The van der Waals surface area contributed by atoms with Crippen LogP contribution in [0.4, 0.5) is 0 Å². The monoisotopic (exact) mass is 259 g/mol. The number of phenols is 1. The number of carbonyl (C=O) groups excluding carboxylic acids is 1. The number of nitrogens with one attached hydrogen (secondary N) is 1. The number of ether oxygens (including phenoxy) is 1. The van der Waals surface area contributed by atoms with E-state index in [-0.39, 0.29) is 29.1 Å². The van der Waals surface area contributed by atoms with Gasteiger partial charge in [-0.2, -0.15) is 0 Å². The quantitative estimate of drug-likeness (QED) is 0.756. The number of ketones is 1. The molecule has 1 aromatic heterocycles. The van der Waals surface area contributed by atoms with Crippen LogP contribution in [0.15, 0.2) is 23.0 Å². The van der Waals surface area contributed by atoms with Crippen LogP contribution in [0.1, 0.15) is 24.2 Å². The van der Waals surface area contributed by atoms with Gasteiger partial charge < -0.3 is 14.8 Å². The van der Waals surface area contributed by atoms with E-state index in [1.807, 2.05) is 0 Å². The van der Waals surface area contributed by atoms with E-state index >= 15 is 0 Å². The van der Waals surface area contributed by atoms with Crippen molar-refractivity contribution in [1.82, 2.24) is 4.98 Å². The Balaban J connectivity index is 2.42. The molecule has 0 radical (unpaired) electrons. The van der Waals surface area contributed by atoms with E-state index in [4.69, 9.17) is 4.74 Å². The number of rotatable bonds is 0. The maximum absolute atomic E-state index is 12.4. The molecule has 0 spiro atoms. The van der Waals surface area contributed by atoms with E-state index in [9.17, 15) is 14.7 Å². The smallest absolute Gasteiger partial charge is 0.248 e. The number of hydrogen-bond donors (Lipinski definition) is 2. The molecule has 19 heavy (non-hydrogen) atoms. The van der Waals surface area contributed by atoms with Crippen molar-refractivity contribution >= 4 is 16.7 Å². The molecule has 0 fully saturated rings. The third kappa shape index (κ3) is 1.62. The standard InChI is InChI=1S/C14H13NO4/c1-6-7(2)19-10-5-9(16)8-3-4-11(17)15-13(8)12(10)14(6)18/h3-7,16H,1-2H3,(H,15,17). The number of phenolic OH excluding ortho intramolecular Hbond substituents is 1. The van der Waals surface area contributed by atoms with Crippen molar-refractivity contribution in [3.8, 4) is 11.5 Å². The zero-order chi connectivity index (χ0) is 13.7. The number of aromatic amines is 1. The summed E-state index contributed by atoms with van der Waals surface area (Å²) < 4.78 is 5.64. The van der Waals surface area contributed by atoms with Gasteiger partial charge in [-0.3, -0.25) is 9.59 Å². The summed E-state index contributed by atoms with van der Waals surface area (Å²) in [5.41, 5.74) is 0.363. The zero-order valence-electron chi connectivity index (χ0n) is 10.6. The van der Waals surface area contributed by atoms with E-state index in [1.54, 1.807) is 13.8 Å². The fourth-order valence-corrected chi connectivity index (χ4v) is 2.36. The van der Waals surface area contributed by atoms with Crippen LogP contribution in [0, 0.1) is 5.92 Å². The van der Waals surface area contributed by atoms with Gasteiger partial charge in [0.25, 0.3) is 0 Å². The maximum Gasteiger partial charge on any atom is 0.248 e. The Morgan fingerprint density at radius 2 is 2.00 bits per heavy atom. The van der Waals surface area contributed by atoms with E-state index in [1.165, 1.54) is 18.2 Å². The number of H-pyrrole nitrogens is 1. The number of carbonyl (C=O) groups is 1. The average molecular weight is 259 g/mol. The van der Waals surface area contributed by atoms with Crippen LogP contribution in [0.5, 0.6) is 11.5 Å². The van der Waals surface area contributed by atoms with Crippen LogP contribution in [0.25, 0.3) is 10.9 Å². The van der Waals surface area contributed by atoms with Crippen LogP contribution in [-0.4, -0.2) is 22.0 Å². The van der Waals surface area contributed by atoms with Crippen molar-refractivity contribution in [2.45, 2.75) is 20.0 Å². The van der Waals surface area contributed by atoms with Crippen molar-refractivity contribution in [3.63, 3.8) is 0 Å². The second-order valence-electron chi connectivity index (χ2n) is 4.86. The minimum Gasteiger partial charge on any atom is -0.507 e. The second kappa shape index (κ2) is 3.85. The normalized spacial score (nSPS) is 22.1. The molecule has 0 saturated heterocycles. The van der Waals surface area contributed by atoms with Crippen molar-refractivity contribution < 1.29 is 14.6 Å². The predicted molar refractivity (Wildman–Crippen MR) is 69.8 cm³/mol. The molecule has 2 N–H and O–H groups in total. The van der Waals surface area contributed by atoms with Gasteiger partial charge in [0.15, 0.2) is 5.78 Å².